The summed E-state index contributed by atoms with van der Waals surface area (Å²) in [6.07, 6.45) is 5.22. The fourth-order valence-electron chi connectivity index (χ4n) is 2.42. The minimum Gasteiger partial charge on any atom is -0.372 e. The number of rotatable bonds is 4. The van der Waals surface area contributed by atoms with Crippen molar-refractivity contribution in [3.05, 3.63) is 17.3 Å². The Bertz CT molecular complexity index is 569. The molecule has 0 aliphatic heterocycles. The van der Waals surface area contributed by atoms with Crippen LogP contribution in [-0.2, 0) is 10.0 Å². The predicted octanol–water partition coefficient (Wildman–Crippen LogP) is 2.63. The number of nitrogens with one attached hydrogen (secondary N) is 2. The van der Waals surface area contributed by atoms with E-state index in [0.717, 1.165) is 25.7 Å². The van der Waals surface area contributed by atoms with Crippen LogP contribution in [0.2, 0.25) is 5.02 Å². The molecule has 1 heterocycles. The van der Waals surface area contributed by atoms with Gasteiger partial charge in [0.2, 0.25) is 10.0 Å². The average Bonchev–Trinajstić information content (AvgIpc) is 2.41. The lowest BCUT2D eigenvalue weighted by Gasteiger charge is -2.26. The molecule has 0 radical (unpaired) electrons. The summed E-state index contributed by atoms with van der Waals surface area (Å²) in [4.78, 5) is 4.12. The second-order valence-electron chi connectivity index (χ2n) is 5.33. The van der Waals surface area contributed by atoms with Crippen molar-refractivity contribution in [2.75, 3.05) is 12.4 Å². The zero-order valence-corrected chi connectivity index (χ0v) is 13.3. The molecule has 0 aromatic carbocycles. The highest BCUT2D eigenvalue weighted by Crippen LogP contribution is 2.26. The minimum atomic E-state index is -3.55. The summed E-state index contributed by atoms with van der Waals surface area (Å²) in [5, 5.41) is 3.10. The zero-order valence-electron chi connectivity index (χ0n) is 11.7. The lowest BCUT2D eigenvalue weighted by molar-refractivity contribution is 0.332. The van der Waals surface area contributed by atoms with E-state index < -0.39 is 10.0 Å². The zero-order chi connectivity index (χ0) is 14.8. The van der Waals surface area contributed by atoms with Gasteiger partial charge in [0.25, 0.3) is 0 Å². The van der Waals surface area contributed by atoms with Crippen molar-refractivity contribution in [1.82, 2.24) is 9.71 Å². The lowest BCUT2D eigenvalue weighted by atomic mass is 9.88. The van der Waals surface area contributed by atoms with E-state index in [1.54, 1.807) is 7.05 Å². The van der Waals surface area contributed by atoms with E-state index in [4.69, 9.17) is 11.6 Å². The van der Waals surface area contributed by atoms with E-state index in [9.17, 15) is 8.42 Å². The molecule has 1 aromatic rings. The first-order valence-corrected chi connectivity index (χ1v) is 8.64. The quantitative estimate of drug-likeness (QED) is 0.895. The third kappa shape index (κ3) is 3.62. The van der Waals surface area contributed by atoms with Gasteiger partial charge < -0.3 is 5.32 Å². The van der Waals surface area contributed by atoms with Gasteiger partial charge in [-0.15, -0.1) is 0 Å². The number of hydrogen-bond acceptors (Lipinski definition) is 4. The van der Waals surface area contributed by atoms with Crippen LogP contribution in [0.15, 0.2) is 17.2 Å². The summed E-state index contributed by atoms with van der Waals surface area (Å²) in [7, 11) is -1.87. The van der Waals surface area contributed by atoms with E-state index in [2.05, 4.69) is 21.9 Å². The maximum Gasteiger partial charge on any atom is 0.242 e. The third-order valence-corrected chi connectivity index (χ3v) is 5.48. The highest BCUT2D eigenvalue weighted by atomic mass is 35.5. The molecule has 2 rings (SSSR count). The molecule has 0 spiro atoms. The fraction of sp³-hybridized carbons (Fsp3) is 0.615. The van der Waals surface area contributed by atoms with Gasteiger partial charge >= 0.3 is 0 Å². The first-order valence-electron chi connectivity index (χ1n) is 6.78. The number of pyridine rings is 1. The molecule has 0 bridgehead atoms. The first-order chi connectivity index (χ1) is 9.42. The Morgan fingerprint density at radius 1 is 1.30 bits per heavy atom. The summed E-state index contributed by atoms with van der Waals surface area (Å²) in [6, 6.07) is 1.44. The predicted molar refractivity (Wildman–Crippen MR) is 80.5 cm³/mol. The van der Waals surface area contributed by atoms with Gasteiger partial charge in [-0.1, -0.05) is 18.5 Å². The monoisotopic (exact) mass is 317 g/mol. The van der Waals surface area contributed by atoms with E-state index in [0.29, 0.717) is 16.8 Å². The highest BCUT2D eigenvalue weighted by molar-refractivity contribution is 7.89. The smallest absolute Gasteiger partial charge is 0.242 e. The summed E-state index contributed by atoms with van der Waals surface area (Å²) in [5.74, 6) is 1.15. The van der Waals surface area contributed by atoms with Gasteiger partial charge in [-0.25, -0.2) is 18.1 Å². The summed E-state index contributed by atoms with van der Waals surface area (Å²) < 4.78 is 27.4. The summed E-state index contributed by atoms with van der Waals surface area (Å²) >= 11 is 5.98. The number of sulfonamides is 1. The van der Waals surface area contributed by atoms with Crippen LogP contribution in [0, 0.1) is 5.92 Å². The molecule has 0 saturated heterocycles. The molecule has 1 saturated carbocycles. The molecule has 5 nitrogen and oxygen atoms in total. The van der Waals surface area contributed by atoms with Crippen LogP contribution in [0.5, 0.6) is 0 Å². The molecule has 1 fully saturated rings. The topological polar surface area (TPSA) is 71.1 Å². The molecule has 2 N–H and O–H groups in total. The van der Waals surface area contributed by atoms with E-state index in [-0.39, 0.29) is 10.9 Å². The molecule has 1 aliphatic rings. The molecule has 1 aliphatic carbocycles. The van der Waals surface area contributed by atoms with Crippen LogP contribution < -0.4 is 10.0 Å². The van der Waals surface area contributed by atoms with Crippen molar-refractivity contribution in [2.24, 2.45) is 5.92 Å². The van der Waals surface area contributed by atoms with E-state index in [1.807, 2.05) is 0 Å². The van der Waals surface area contributed by atoms with Crippen LogP contribution in [0.25, 0.3) is 0 Å². The van der Waals surface area contributed by atoms with Crippen LogP contribution in [0.3, 0.4) is 0 Å². The Morgan fingerprint density at radius 3 is 2.50 bits per heavy atom. The van der Waals surface area contributed by atoms with Crippen molar-refractivity contribution in [3.63, 3.8) is 0 Å². The molecule has 1 aromatic heterocycles. The second kappa shape index (κ2) is 6.28. The lowest BCUT2D eigenvalue weighted by Crippen LogP contribution is -2.37. The molecule has 20 heavy (non-hydrogen) atoms. The Kier molecular flexibility index (Phi) is 4.88. The van der Waals surface area contributed by atoms with Gasteiger partial charge in [-0.2, -0.15) is 0 Å². The SMILES string of the molecule is CNc1ncc(S(=O)(=O)NC2CCC(C)CC2)cc1Cl. The minimum absolute atomic E-state index is 0.0129. The Morgan fingerprint density at radius 2 is 1.95 bits per heavy atom. The molecular weight excluding hydrogens is 298 g/mol. The van der Waals surface area contributed by atoms with E-state index in [1.165, 1.54) is 12.3 Å². The number of hydrogen-bond donors (Lipinski definition) is 2. The molecular formula is C13H20ClN3O2S. The number of halogens is 1. The number of anilines is 1. The van der Waals surface area contributed by atoms with Gasteiger partial charge in [-0.3, -0.25) is 0 Å². The van der Waals surface area contributed by atoms with Gasteiger partial charge in [0.05, 0.1) is 5.02 Å². The number of nitrogens with zero attached hydrogens (tertiary/aromatic N) is 1. The van der Waals surface area contributed by atoms with Gasteiger partial charge in [0.1, 0.15) is 10.7 Å². The molecule has 0 atom stereocenters. The third-order valence-electron chi connectivity index (χ3n) is 3.70. The maximum atomic E-state index is 12.3. The van der Waals surface area contributed by atoms with Crippen molar-refractivity contribution < 1.29 is 8.42 Å². The van der Waals surface area contributed by atoms with E-state index >= 15 is 0 Å². The summed E-state index contributed by atoms with van der Waals surface area (Å²) in [6.45, 7) is 2.20. The normalized spacial score (nSPS) is 23.6. The Balaban J connectivity index is 2.12. The molecule has 7 heteroatoms. The largest absolute Gasteiger partial charge is 0.372 e. The van der Waals surface area contributed by atoms with Crippen molar-refractivity contribution in [1.29, 1.82) is 0 Å². The van der Waals surface area contributed by atoms with Gasteiger partial charge in [-0.05, 0) is 37.7 Å². The second-order valence-corrected chi connectivity index (χ2v) is 7.45. The van der Waals surface area contributed by atoms with Crippen LogP contribution in [0.4, 0.5) is 5.82 Å². The fourth-order valence-corrected chi connectivity index (χ4v) is 4.02. The Hall–Kier alpha value is -0.850. The van der Waals surface area contributed by atoms with Crippen molar-refractivity contribution >= 4 is 27.4 Å². The first kappa shape index (κ1) is 15.5. The average molecular weight is 318 g/mol. The molecule has 112 valence electrons. The van der Waals surface area contributed by atoms with Crippen molar-refractivity contribution in [3.8, 4) is 0 Å². The highest BCUT2D eigenvalue weighted by Gasteiger charge is 2.24. The molecule has 0 amide bonds. The van der Waals surface area contributed by atoms with Crippen molar-refractivity contribution in [2.45, 2.75) is 43.5 Å². The molecule has 0 unspecified atom stereocenters. The number of aromatic nitrogens is 1. The maximum absolute atomic E-state index is 12.3. The Labute approximate surface area is 125 Å². The van der Waals surface area contributed by atoms with Gasteiger partial charge in [0.15, 0.2) is 0 Å². The van der Waals surface area contributed by atoms with Crippen LogP contribution >= 0.6 is 11.6 Å². The van der Waals surface area contributed by atoms with Crippen LogP contribution in [-0.4, -0.2) is 26.5 Å². The van der Waals surface area contributed by atoms with Gasteiger partial charge in [0, 0.05) is 19.3 Å². The van der Waals surface area contributed by atoms with Crippen LogP contribution in [0.1, 0.15) is 32.6 Å². The standard InChI is InChI=1S/C13H20ClN3O2S/c1-9-3-5-10(6-4-9)17-20(18,19)11-7-12(14)13(15-2)16-8-11/h7-10,17H,3-6H2,1-2H3,(H,15,16). The summed E-state index contributed by atoms with van der Waals surface area (Å²) in [5.41, 5.74) is 0.